The summed E-state index contributed by atoms with van der Waals surface area (Å²) in [5.74, 6) is 0.583. The van der Waals surface area contributed by atoms with Gasteiger partial charge >= 0.3 is 0 Å². The summed E-state index contributed by atoms with van der Waals surface area (Å²) in [7, 11) is 0. The van der Waals surface area contributed by atoms with Crippen molar-refractivity contribution in [1.82, 2.24) is 0 Å². The number of halogens is 3. The normalized spacial score (nSPS) is 10.0. The third-order valence-electron chi connectivity index (χ3n) is 2.49. The Kier molecular flexibility index (Phi) is 4.83. The number of nitriles is 1. The molecule has 2 aromatic carbocycles. The van der Waals surface area contributed by atoms with Crippen LogP contribution >= 0.6 is 43.5 Å². The van der Waals surface area contributed by atoms with Crippen molar-refractivity contribution in [2.24, 2.45) is 0 Å². The first-order chi connectivity index (χ1) is 9.93. The summed E-state index contributed by atoms with van der Waals surface area (Å²) in [5.41, 5.74) is 0.101. The average Bonchev–Trinajstić information content (AvgIpc) is 2.42. The van der Waals surface area contributed by atoms with Gasteiger partial charge in [-0.05, 0) is 44.0 Å². The summed E-state index contributed by atoms with van der Waals surface area (Å²) >= 11 is 12.4. The van der Waals surface area contributed by atoms with Gasteiger partial charge < -0.3 is 4.74 Å². The number of benzene rings is 2. The van der Waals surface area contributed by atoms with Gasteiger partial charge in [0.05, 0.1) is 18.9 Å². The summed E-state index contributed by atoms with van der Waals surface area (Å²) in [6.07, 6.45) is 0. The molecule has 0 aliphatic rings. The average molecular weight is 432 g/mol. The van der Waals surface area contributed by atoms with Gasteiger partial charge in [0.15, 0.2) is 5.75 Å². The number of nitro benzene ring substituents is 1. The van der Waals surface area contributed by atoms with Crippen LogP contribution in [0.3, 0.4) is 0 Å². The molecule has 0 N–H and O–H groups in total. The molecule has 0 aromatic heterocycles. The van der Waals surface area contributed by atoms with Gasteiger partial charge in [0.2, 0.25) is 0 Å². The van der Waals surface area contributed by atoms with Crippen LogP contribution in [-0.2, 0) is 0 Å². The zero-order valence-corrected chi connectivity index (χ0v) is 14.1. The summed E-state index contributed by atoms with van der Waals surface area (Å²) < 4.78 is 6.42. The lowest BCUT2D eigenvalue weighted by atomic mass is 10.2. The van der Waals surface area contributed by atoms with Crippen LogP contribution in [0.5, 0.6) is 11.5 Å². The van der Waals surface area contributed by atoms with Crippen molar-refractivity contribution in [3.05, 3.63) is 60.0 Å². The smallest absolute Gasteiger partial charge is 0.271 e. The molecule has 0 bridgehead atoms. The van der Waals surface area contributed by atoms with E-state index in [1.165, 1.54) is 12.1 Å². The van der Waals surface area contributed by atoms with Gasteiger partial charge in [-0.25, -0.2) is 0 Å². The maximum atomic E-state index is 10.8. The van der Waals surface area contributed by atoms with Crippen molar-refractivity contribution >= 4 is 49.1 Å². The van der Waals surface area contributed by atoms with Crippen molar-refractivity contribution in [2.75, 3.05) is 0 Å². The molecule has 106 valence electrons. The molecule has 2 rings (SSSR count). The van der Waals surface area contributed by atoms with Gasteiger partial charge in [0.1, 0.15) is 17.4 Å². The third-order valence-corrected chi connectivity index (χ3v) is 3.99. The maximum absolute atomic E-state index is 10.8. The number of rotatable bonds is 3. The molecule has 0 aliphatic carbocycles. The van der Waals surface area contributed by atoms with E-state index in [0.29, 0.717) is 14.7 Å². The predicted molar refractivity (Wildman–Crippen MR) is 84.7 cm³/mol. The highest BCUT2D eigenvalue weighted by Gasteiger charge is 2.17. The van der Waals surface area contributed by atoms with Crippen LogP contribution in [0.15, 0.2) is 39.3 Å². The molecular formula is C13H5Br2ClN2O3. The highest BCUT2D eigenvalue weighted by Crippen LogP contribution is 2.41. The second-order valence-electron chi connectivity index (χ2n) is 3.82. The number of hydrogen-bond donors (Lipinski definition) is 0. The largest absolute Gasteiger partial charge is 0.454 e. The Morgan fingerprint density at radius 1 is 1.29 bits per heavy atom. The molecule has 0 radical (unpaired) electrons. The molecule has 2 aromatic rings. The van der Waals surface area contributed by atoms with Crippen LogP contribution in [0, 0.1) is 21.4 Å². The molecule has 0 aliphatic heterocycles. The predicted octanol–water partition coefficient (Wildman–Crippen LogP) is 5.44. The van der Waals surface area contributed by atoms with Crippen molar-refractivity contribution in [3.8, 4) is 17.6 Å². The van der Waals surface area contributed by atoms with Crippen molar-refractivity contribution < 1.29 is 9.66 Å². The van der Waals surface area contributed by atoms with Gasteiger partial charge in [-0.15, -0.1) is 0 Å². The summed E-state index contributed by atoms with van der Waals surface area (Å²) in [6.45, 7) is 0. The zero-order valence-electron chi connectivity index (χ0n) is 10.1. The van der Waals surface area contributed by atoms with E-state index >= 15 is 0 Å². The first-order valence-corrected chi connectivity index (χ1v) is 7.40. The quantitative estimate of drug-likeness (QED) is 0.478. The van der Waals surface area contributed by atoms with E-state index in [2.05, 4.69) is 31.9 Å². The van der Waals surface area contributed by atoms with Crippen LogP contribution in [0.25, 0.3) is 0 Å². The SMILES string of the molecule is N#Cc1c(Cl)cccc1Oc1c(Br)cc([N+](=O)[O-])cc1Br. The number of hydrogen-bond acceptors (Lipinski definition) is 4. The van der Waals surface area contributed by atoms with Crippen LogP contribution in [0.2, 0.25) is 5.02 Å². The van der Waals surface area contributed by atoms with E-state index in [9.17, 15) is 10.1 Å². The Bertz CT molecular complexity index is 751. The van der Waals surface area contributed by atoms with E-state index in [1.807, 2.05) is 6.07 Å². The second kappa shape index (κ2) is 6.43. The fourth-order valence-electron chi connectivity index (χ4n) is 1.56. The maximum Gasteiger partial charge on any atom is 0.271 e. The highest BCUT2D eigenvalue weighted by atomic mass is 79.9. The van der Waals surface area contributed by atoms with E-state index in [0.717, 1.165) is 0 Å². The number of nitro groups is 1. The summed E-state index contributed by atoms with van der Waals surface area (Å²) in [4.78, 5) is 10.3. The fourth-order valence-corrected chi connectivity index (χ4v) is 3.09. The topological polar surface area (TPSA) is 76.2 Å². The van der Waals surface area contributed by atoms with Crippen molar-refractivity contribution in [3.63, 3.8) is 0 Å². The molecule has 0 saturated carbocycles. The number of ether oxygens (including phenoxy) is 1. The van der Waals surface area contributed by atoms with Crippen LogP contribution in [-0.4, -0.2) is 4.92 Å². The second-order valence-corrected chi connectivity index (χ2v) is 5.94. The molecule has 0 amide bonds. The molecule has 8 heteroatoms. The van der Waals surface area contributed by atoms with Crippen molar-refractivity contribution in [1.29, 1.82) is 5.26 Å². The minimum atomic E-state index is -0.514. The number of non-ortho nitro benzene ring substituents is 1. The van der Waals surface area contributed by atoms with Gasteiger partial charge in [-0.3, -0.25) is 10.1 Å². The molecule has 0 atom stereocenters. The van der Waals surface area contributed by atoms with E-state index in [-0.39, 0.29) is 22.0 Å². The summed E-state index contributed by atoms with van der Waals surface area (Å²) in [6, 6.07) is 9.40. The van der Waals surface area contributed by atoms with E-state index in [4.69, 9.17) is 21.6 Å². The van der Waals surface area contributed by atoms with Gasteiger partial charge in [0, 0.05) is 12.1 Å². The first kappa shape index (κ1) is 15.8. The van der Waals surface area contributed by atoms with E-state index in [1.54, 1.807) is 18.2 Å². The Morgan fingerprint density at radius 3 is 2.43 bits per heavy atom. The van der Waals surface area contributed by atoms with Crippen LogP contribution in [0.4, 0.5) is 5.69 Å². The molecule has 0 fully saturated rings. The molecule has 0 saturated heterocycles. The Labute approximate surface area is 141 Å². The lowest BCUT2D eigenvalue weighted by Crippen LogP contribution is -1.93. The van der Waals surface area contributed by atoms with E-state index < -0.39 is 4.92 Å². The van der Waals surface area contributed by atoms with Crippen LogP contribution < -0.4 is 4.74 Å². The van der Waals surface area contributed by atoms with Gasteiger partial charge in [0.25, 0.3) is 5.69 Å². The van der Waals surface area contributed by atoms with Gasteiger partial charge in [-0.2, -0.15) is 5.26 Å². The molecule has 0 heterocycles. The Morgan fingerprint density at radius 2 is 1.90 bits per heavy atom. The molecule has 0 spiro atoms. The minimum Gasteiger partial charge on any atom is -0.454 e. The van der Waals surface area contributed by atoms with Crippen molar-refractivity contribution in [2.45, 2.75) is 0 Å². The fraction of sp³-hybridized carbons (Fsp3) is 0. The highest BCUT2D eigenvalue weighted by molar-refractivity contribution is 9.11. The van der Waals surface area contributed by atoms with Gasteiger partial charge in [-0.1, -0.05) is 17.7 Å². The third kappa shape index (κ3) is 3.35. The van der Waals surface area contributed by atoms with Crippen LogP contribution in [0.1, 0.15) is 5.56 Å². The summed E-state index contributed by atoms with van der Waals surface area (Å²) in [5, 5.41) is 20.2. The zero-order chi connectivity index (χ0) is 15.6. The minimum absolute atomic E-state index is 0.0901. The Hall–Kier alpha value is -1.62. The molecule has 21 heavy (non-hydrogen) atoms. The Balaban J connectivity index is 2.49. The number of nitrogens with zero attached hydrogens (tertiary/aromatic N) is 2. The molecule has 0 unspecified atom stereocenters. The monoisotopic (exact) mass is 430 g/mol. The lowest BCUT2D eigenvalue weighted by molar-refractivity contribution is -0.385. The standard InChI is InChI=1S/C13H5Br2ClN2O3/c14-9-4-7(18(19)20)5-10(15)13(9)21-12-3-1-2-11(16)8(12)6-17/h1-5H. The first-order valence-electron chi connectivity index (χ1n) is 5.44. The molecular weight excluding hydrogens is 427 g/mol. The molecule has 5 nitrogen and oxygen atoms in total. The lowest BCUT2D eigenvalue weighted by Gasteiger charge is -2.11.